The lowest BCUT2D eigenvalue weighted by Gasteiger charge is -2.18. The summed E-state index contributed by atoms with van der Waals surface area (Å²) in [5.74, 6) is -1.39. The van der Waals surface area contributed by atoms with Crippen LogP contribution >= 0.6 is 0 Å². The van der Waals surface area contributed by atoms with Crippen LogP contribution in [0.3, 0.4) is 0 Å². The van der Waals surface area contributed by atoms with Gasteiger partial charge < -0.3 is 15.7 Å². The van der Waals surface area contributed by atoms with E-state index in [0.29, 0.717) is 5.69 Å². The summed E-state index contributed by atoms with van der Waals surface area (Å²) >= 11 is 0. The lowest BCUT2D eigenvalue weighted by Crippen LogP contribution is -2.46. The van der Waals surface area contributed by atoms with Crippen LogP contribution in [-0.2, 0) is 4.79 Å². The Morgan fingerprint density at radius 3 is 2.20 bits per heavy atom. The number of nitro groups is 1. The molecule has 20 heavy (non-hydrogen) atoms. The van der Waals surface area contributed by atoms with Gasteiger partial charge in [-0.1, -0.05) is 13.8 Å². The number of carboxylic acid groups (broad SMARTS) is 1. The van der Waals surface area contributed by atoms with Gasteiger partial charge in [0.15, 0.2) is 0 Å². The molecule has 0 heterocycles. The molecule has 1 aromatic rings. The minimum atomic E-state index is -1.13. The van der Waals surface area contributed by atoms with Crippen molar-refractivity contribution in [2.24, 2.45) is 5.92 Å². The summed E-state index contributed by atoms with van der Waals surface area (Å²) in [7, 11) is 0. The number of carboxylic acids is 1. The smallest absolute Gasteiger partial charge is 0.326 e. The predicted molar refractivity (Wildman–Crippen MR) is 71.5 cm³/mol. The van der Waals surface area contributed by atoms with Gasteiger partial charge in [0.1, 0.15) is 6.04 Å². The maximum Gasteiger partial charge on any atom is 0.326 e. The third-order valence-corrected chi connectivity index (χ3v) is 2.56. The highest BCUT2D eigenvalue weighted by Crippen LogP contribution is 2.15. The molecular formula is C12H15N3O5. The van der Waals surface area contributed by atoms with Gasteiger partial charge in [0.25, 0.3) is 5.69 Å². The number of rotatable bonds is 5. The average Bonchev–Trinajstić information content (AvgIpc) is 2.35. The quantitative estimate of drug-likeness (QED) is 0.561. The third-order valence-electron chi connectivity index (χ3n) is 2.56. The molecule has 108 valence electrons. The van der Waals surface area contributed by atoms with Crippen LogP contribution in [0.1, 0.15) is 13.8 Å². The summed E-state index contributed by atoms with van der Waals surface area (Å²) in [6.07, 6.45) is 0. The molecule has 2 amide bonds. The number of benzene rings is 1. The fourth-order valence-corrected chi connectivity index (χ4v) is 1.49. The summed E-state index contributed by atoms with van der Waals surface area (Å²) in [5, 5.41) is 24.1. The number of aliphatic carboxylic acids is 1. The fourth-order valence-electron chi connectivity index (χ4n) is 1.49. The first-order valence-electron chi connectivity index (χ1n) is 5.86. The van der Waals surface area contributed by atoms with Crippen LogP contribution in [-0.4, -0.2) is 28.1 Å². The Kier molecular flexibility index (Phi) is 5.01. The summed E-state index contributed by atoms with van der Waals surface area (Å²) in [6.45, 7) is 3.34. The number of anilines is 1. The maximum absolute atomic E-state index is 11.6. The Morgan fingerprint density at radius 1 is 1.25 bits per heavy atom. The number of hydrogen-bond donors (Lipinski definition) is 3. The molecule has 0 fully saturated rings. The number of nitrogens with one attached hydrogen (secondary N) is 2. The third kappa shape index (κ3) is 4.23. The molecular weight excluding hydrogens is 266 g/mol. The number of hydrogen-bond acceptors (Lipinski definition) is 4. The van der Waals surface area contributed by atoms with Crippen molar-refractivity contribution in [3.05, 3.63) is 34.4 Å². The van der Waals surface area contributed by atoms with Crippen LogP contribution in [0.4, 0.5) is 16.2 Å². The van der Waals surface area contributed by atoms with Crippen LogP contribution in [0.15, 0.2) is 24.3 Å². The molecule has 8 nitrogen and oxygen atoms in total. The van der Waals surface area contributed by atoms with E-state index in [4.69, 9.17) is 5.11 Å². The fraction of sp³-hybridized carbons (Fsp3) is 0.333. The van der Waals surface area contributed by atoms with Gasteiger partial charge in [0.05, 0.1) is 4.92 Å². The van der Waals surface area contributed by atoms with E-state index >= 15 is 0 Å². The second-order valence-corrected chi connectivity index (χ2v) is 4.46. The first-order chi connectivity index (χ1) is 9.31. The topological polar surface area (TPSA) is 122 Å². The number of amides is 2. The molecule has 0 spiro atoms. The minimum Gasteiger partial charge on any atom is -0.480 e. The van der Waals surface area contributed by atoms with E-state index in [1.54, 1.807) is 13.8 Å². The van der Waals surface area contributed by atoms with Crippen LogP contribution in [0.5, 0.6) is 0 Å². The van der Waals surface area contributed by atoms with Crippen molar-refractivity contribution in [2.75, 3.05) is 5.32 Å². The van der Waals surface area contributed by atoms with Crippen molar-refractivity contribution < 1.29 is 19.6 Å². The first-order valence-corrected chi connectivity index (χ1v) is 5.86. The minimum absolute atomic E-state index is 0.0958. The zero-order valence-electron chi connectivity index (χ0n) is 11.0. The molecule has 0 aliphatic carbocycles. The Morgan fingerprint density at radius 2 is 1.80 bits per heavy atom. The molecule has 1 aromatic carbocycles. The normalized spacial score (nSPS) is 11.8. The second-order valence-electron chi connectivity index (χ2n) is 4.46. The van der Waals surface area contributed by atoms with Crippen molar-refractivity contribution in [3.63, 3.8) is 0 Å². The lowest BCUT2D eigenvalue weighted by molar-refractivity contribution is -0.384. The summed E-state index contributed by atoms with van der Waals surface area (Å²) in [5.41, 5.74) is 0.238. The van der Waals surface area contributed by atoms with Crippen molar-refractivity contribution in [3.8, 4) is 0 Å². The van der Waals surface area contributed by atoms with Gasteiger partial charge in [0, 0.05) is 17.8 Å². The molecule has 0 saturated carbocycles. The molecule has 3 N–H and O–H groups in total. The molecule has 0 radical (unpaired) electrons. The molecule has 0 aromatic heterocycles. The number of nitro benzene ring substituents is 1. The summed E-state index contributed by atoms with van der Waals surface area (Å²) in [6, 6.07) is 3.53. The van der Waals surface area contributed by atoms with E-state index in [2.05, 4.69) is 10.6 Å². The molecule has 1 atom stereocenters. The zero-order valence-corrected chi connectivity index (χ0v) is 11.0. The standard InChI is InChI=1S/C12H15N3O5/c1-7(2)10(11(16)17)14-12(18)13-8-3-5-9(6-4-8)15(19)20/h3-7,10H,1-2H3,(H,16,17)(H2,13,14,18). The van der Waals surface area contributed by atoms with Gasteiger partial charge in [-0.05, 0) is 18.1 Å². The van der Waals surface area contributed by atoms with E-state index in [0.717, 1.165) is 0 Å². The highest BCUT2D eigenvalue weighted by Gasteiger charge is 2.23. The van der Waals surface area contributed by atoms with E-state index in [-0.39, 0.29) is 11.6 Å². The molecule has 1 rings (SSSR count). The van der Waals surface area contributed by atoms with E-state index in [1.165, 1.54) is 24.3 Å². The lowest BCUT2D eigenvalue weighted by atomic mass is 10.1. The average molecular weight is 281 g/mol. The molecule has 0 bridgehead atoms. The Labute approximate surface area is 114 Å². The number of non-ortho nitro benzene ring substituents is 1. The van der Waals surface area contributed by atoms with Crippen molar-refractivity contribution in [1.82, 2.24) is 5.32 Å². The Bertz CT molecular complexity index is 512. The number of nitrogens with zero attached hydrogens (tertiary/aromatic N) is 1. The van der Waals surface area contributed by atoms with E-state index in [9.17, 15) is 19.7 Å². The van der Waals surface area contributed by atoms with E-state index in [1.807, 2.05) is 0 Å². The van der Waals surface area contributed by atoms with Gasteiger partial charge in [0.2, 0.25) is 0 Å². The van der Waals surface area contributed by atoms with Crippen molar-refractivity contribution >= 4 is 23.4 Å². The SMILES string of the molecule is CC(C)C(NC(=O)Nc1ccc([N+](=O)[O-])cc1)C(=O)O. The highest BCUT2D eigenvalue weighted by atomic mass is 16.6. The zero-order chi connectivity index (χ0) is 15.3. The Balaban J connectivity index is 2.66. The van der Waals surface area contributed by atoms with E-state index < -0.39 is 23.0 Å². The Hall–Kier alpha value is -2.64. The van der Waals surface area contributed by atoms with Gasteiger partial charge in [-0.15, -0.1) is 0 Å². The second kappa shape index (κ2) is 6.50. The van der Waals surface area contributed by atoms with Gasteiger partial charge >= 0.3 is 12.0 Å². The van der Waals surface area contributed by atoms with Gasteiger partial charge in [-0.2, -0.15) is 0 Å². The predicted octanol–water partition coefficient (Wildman–Crippen LogP) is 1.83. The molecule has 0 aliphatic rings. The van der Waals surface area contributed by atoms with Crippen LogP contribution < -0.4 is 10.6 Å². The summed E-state index contributed by atoms with van der Waals surface area (Å²) in [4.78, 5) is 32.5. The number of carbonyl (C=O) groups is 2. The molecule has 0 aliphatic heterocycles. The molecule has 0 saturated heterocycles. The molecule has 1 unspecified atom stereocenters. The van der Waals surface area contributed by atoms with Gasteiger partial charge in [-0.3, -0.25) is 10.1 Å². The van der Waals surface area contributed by atoms with Gasteiger partial charge in [-0.25, -0.2) is 9.59 Å². The van der Waals surface area contributed by atoms with Crippen LogP contribution in [0, 0.1) is 16.0 Å². The highest BCUT2D eigenvalue weighted by molar-refractivity contribution is 5.92. The van der Waals surface area contributed by atoms with Crippen molar-refractivity contribution in [1.29, 1.82) is 0 Å². The number of carbonyl (C=O) groups excluding carboxylic acids is 1. The molecule has 8 heteroatoms. The monoisotopic (exact) mass is 281 g/mol. The maximum atomic E-state index is 11.6. The van der Waals surface area contributed by atoms with Crippen LogP contribution in [0.25, 0.3) is 0 Å². The largest absolute Gasteiger partial charge is 0.480 e. The van der Waals surface area contributed by atoms with Crippen molar-refractivity contribution in [2.45, 2.75) is 19.9 Å². The summed E-state index contributed by atoms with van der Waals surface area (Å²) < 4.78 is 0. The first kappa shape index (κ1) is 15.4. The number of urea groups is 1. The van der Waals surface area contributed by atoms with Crippen LogP contribution in [0.2, 0.25) is 0 Å².